The minimum atomic E-state index is -4.53. The number of carboxylic acid groups (broad SMARTS) is 1. The molecule has 0 aliphatic rings. The summed E-state index contributed by atoms with van der Waals surface area (Å²) >= 11 is 0. The molecule has 0 amide bonds. The molecule has 0 aromatic heterocycles. The number of aliphatic hydroxyl groups excluding tert-OH is 1. The highest BCUT2D eigenvalue weighted by Gasteiger charge is 2.35. The van der Waals surface area contributed by atoms with Gasteiger partial charge in [0.2, 0.25) is 6.10 Å². The second kappa shape index (κ2) is 3.83. The van der Waals surface area contributed by atoms with Crippen molar-refractivity contribution in [2.75, 3.05) is 0 Å². The topological polar surface area (TPSA) is 112 Å². The predicted molar refractivity (Wildman–Crippen MR) is 38.4 cm³/mol. The van der Waals surface area contributed by atoms with Crippen LogP contribution in [0.3, 0.4) is 0 Å². The first-order valence-corrected chi connectivity index (χ1v) is 4.56. The van der Waals surface area contributed by atoms with Crippen LogP contribution in [0.15, 0.2) is 0 Å². The zero-order valence-electron chi connectivity index (χ0n) is 6.26. The second-order valence-electron chi connectivity index (χ2n) is 2.10. The molecule has 0 aromatic carbocycles. The Labute approximate surface area is 69.6 Å². The second-order valence-corrected chi connectivity index (χ2v) is 3.70. The van der Waals surface area contributed by atoms with Crippen LogP contribution in [0.4, 0.5) is 0 Å². The number of carboxylic acids is 1. The van der Waals surface area contributed by atoms with Crippen molar-refractivity contribution in [3.05, 3.63) is 6.10 Å². The van der Waals surface area contributed by atoms with Crippen LogP contribution in [0.1, 0.15) is 13.3 Å². The van der Waals surface area contributed by atoms with Gasteiger partial charge in [0.15, 0.2) is 0 Å². The largest absolute Gasteiger partial charge is 0.479 e. The third-order valence-corrected chi connectivity index (χ3v) is 2.53. The van der Waals surface area contributed by atoms with Crippen molar-refractivity contribution in [2.45, 2.75) is 18.6 Å². The molecule has 0 heterocycles. The molecular formula is C5H9O6S. The Morgan fingerprint density at radius 1 is 1.42 bits per heavy atom. The molecule has 6 nitrogen and oxygen atoms in total. The molecule has 7 heteroatoms. The van der Waals surface area contributed by atoms with Gasteiger partial charge in [-0.2, -0.15) is 8.42 Å². The van der Waals surface area contributed by atoms with Gasteiger partial charge in [0.25, 0.3) is 10.1 Å². The summed E-state index contributed by atoms with van der Waals surface area (Å²) in [4.78, 5) is 10.1. The summed E-state index contributed by atoms with van der Waals surface area (Å²) < 4.78 is 29.3. The zero-order chi connectivity index (χ0) is 9.94. The maximum atomic E-state index is 10.4. The molecule has 0 fully saturated rings. The first kappa shape index (κ1) is 11.3. The fourth-order valence-electron chi connectivity index (χ4n) is 0.683. The summed E-state index contributed by atoms with van der Waals surface area (Å²) in [5.41, 5.74) is 0. The molecule has 0 spiro atoms. The molecule has 0 rings (SSSR count). The van der Waals surface area contributed by atoms with E-state index < -0.39 is 27.4 Å². The summed E-state index contributed by atoms with van der Waals surface area (Å²) in [6, 6.07) is 0. The zero-order valence-corrected chi connectivity index (χ0v) is 7.08. The average molecular weight is 197 g/mol. The van der Waals surface area contributed by atoms with Crippen LogP contribution in [-0.4, -0.2) is 34.4 Å². The van der Waals surface area contributed by atoms with E-state index in [9.17, 15) is 13.2 Å². The summed E-state index contributed by atoms with van der Waals surface area (Å²) in [6.07, 6.45) is -1.46. The Morgan fingerprint density at radius 2 is 1.83 bits per heavy atom. The van der Waals surface area contributed by atoms with E-state index in [1.165, 1.54) is 6.92 Å². The number of rotatable bonds is 4. The number of aliphatic carboxylic acids is 1. The molecule has 71 valence electrons. The molecule has 1 unspecified atom stereocenters. The van der Waals surface area contributed by atoms with Crippen molar-refractivity contribution in [1.29, 1.82) is 0 Å². The number of aliphatic hydroxyl groups is 1. The van der Waals surface area contributed by atoms with Crippen LogP contribution in [0, 0.1) is 6.10 Å². The molecule has 1 radical (unpaired) electrons. The van der Waals surface area contributed by atoms with Crippen LogP contribution in [0.2, 0.25) is 0 Å². The van der Waals surface area contributed by atoms with E-state index in [0.29, 0.717) is 0 Å². The van der Waals surface area contributed by atoms with Crippen molar-refractivity contribution < 1.29 is 28.0 Å². The predicted octanol–water partition coefficient (Wildman–Crippen LogP) is -0.358. The van der Waals surface area contributed by atoms with Crippen LogP contribution >= 0.6 is 0 Å². The molecule has 0 aromatic rings. The maximum Gasteiger partial charge on any atom is 0.340 e. The van der Waals surface area contributed by atoms with Crippen molar-refractivity contribution >= 4 is 16.1 Å². The van der Waals surface area contributed by atoms with Gasteiger partial charge in [0.05, 0.1) is 0 Å². The molecule has 0 saturated heterocycles. The fourth-order valence-corrected chi connectivity index (χ4v) is 1.49. The van der Waals surface area contributed by atoms with Crippen molar-refractivity contribution in [2.24, 2.45) is 0 Å². The van der Waals surface area contributed by atoms with Gasteiger partial charge in [-0.25, -0.2) is 4.79 Å². The lowest BCUT2D eigenvalue weighted by Crippen LogP contribution is -2.32. The van der Waals surface area contributed by atoms with Gasteiger partial charge in [0.1, 0.15) is 5.25 Å². The molecular weight excluding hydrogens is 188 g/mol. The van der Waals surface area contributed by atoms with E-state index in [2.05, 4.69) is 0 Å². The lowest BCUT2D eigenvalue weighted by molar-refractivity contribution is -0.139. The smallest absolute Gasteiger partial charge is 0.340 e. The first-order valence-electron chi connectivity index (χ1n) is 3.06. The van der Waals surface area contributed by atoms with Gasteiger partial charge in [-0.1, -0.05) is 6.92 Å². The minimum absolute atomic E-state index is 0.197. The third-order valence-electron chi connectivity index (χ3n) is 1.25. The molecule has 0 bridgehead atoms. The lowest BCUT2D eigenvalue weighted by atomic mass is 10.2. The molecule has 12 heavy (non-hydrogen) atoms. The van der Waals surface area contributed by atoms with Crippen LogP contribution in [0.25, 0.3) is 0 Å². The van der Waals surface area contributed by atoms with E-state index in [4.69, 9.17) is 14.8 Å². The van der Waals surface area contributed by atoms with Gasteiger partial charge < -0.3 is 10.2 Å². The van der Waals surface area contributed by atoms with Gasteiger partial charge in [-0.05, 0) is 6.42 Å². The average Bonchev–Trinajstić information content (AvgIpc) is 1.85. The highest BCUT2D eigenvalue weighted by atomic mass is 32.2. The van der Waals surface area contributed by atoms with E-state index >= 15 is 0 Å². The Hall–Kier alpha value is -0.660. The van der Waals surface area contributed by atoms with Crippen LogP contribution in [0.5, 0.6) is 0 Å². The SMILES string of the molecule is CCC([C](O)C(=O)O)S(=O)(=O)O. The Kier molecular flexibility index (Phi) is 3.62. The number of hydrogen-bond donors (Lipinski definition) is 3. The van der Waals surface area contributed by atoms with Gasteiger partial charge in [0, 0.05) is 0 Å². The molecule has 0 aliphatic heterocycles. The monoisotopic (exact) mass is 197 g/mol. The summed E-state index contributed by atoms with van der Waals surface area (Å²) in [7, 11) is -4.53. The van der Waals surface area contributed by atoms with Crippen LogP contribution < -0.4 is 0 Å². The van der Waals surface area contributed by atoms with Gasteiger partial charge >= 0.3 is 5.97 Å². The quantitative estimate of drug-likeness (QED) is 0.530. The van der Waals surface area contributed by atoms with Gasteiger partial charge in [-0.3, -0.25) is 4.55 Å². The summed E-state index contributed by atoms with van der Waals surface area (Å²) in [6.45, 7) is 1.33. The first-order chi connectivity index (χ1) is 5.30. The summed E-state index contributed by atoms with van der Waals surface area (Å²) in [5.74, 6) is -1.75. The Bertz CT molecular complexity index is 255. The fraction of sp³-hybridized carbons (Fsp3) is 0.600. The van der Waals surface area contributed by atoms with E-state index in [1.54, 1.807) is 0 Å². The molecule has 0 aliphatic carbocycles. The minimum Gasteiger partial charge on any atom is -0.479 e. The number of hydrogen-bond acceptors (Lipinski definition) is 4. The standard InChI is InChI=1S/C5H9O6S/c1-2-3(12(9,10)11)4(6)5(7)8/h3,6H,2H2,1H3,(H,7,8)(H,9,10,11). The Balaban J connectivity index is 4.70. The van der Waals surface area contributed by atoms with Gasteiger partial charge in [-0.15, -0.1) is 0 Å². The van der Waals surface area contributed by atoms with E-state index in [-0.39, 0.29) is 6.42 Å². The third kappa shape index (κ3) is 2.76. The van der Waals surface area contributed by atoms with Crippen molar-refractivity contribution in [3.8, 4) is 0 Å². The highest BCUT2D eigenvalue weighted by Crippen LogP contribution is 2.14. The molecule has 0 saturated carbocycles. The van der Waals surface area contributed by atoms with Crippen molar-refractivity contribution in [1.82, 2.24) is 0 Å². The van der Waals surface area contributed by atoms with E-state index in [1.807, 2.05) is 0 Å². The van der Waals surface area contributed by atoms with Crippen molar-refractivity contribution in [3.63, 3.8) is 0 Å². The van der Waals surface area contributed by atoms with Crippen LogP contribution in [-0.2, 0) is 14.9 Å². The molecule has 3 N–H and O–H groups in total. The summed E-state index contributed by atoms with van der Waals surface area (Å²) in [5, 5.41) is 15.1. The maximum absolute atomic E-state index is 10.4. The molecule has 1 atom stereocenters. The Morgan fingerprint density at radius 3 is 1.92 bits per heavy atom. The highest BCUT2D eigenvalue weighted by molar-refractivity contribution is 7.86. The lowest BCUT2D eigenvalue weighted by Gasteiger charge is -2.12. The number of carbonyl (C=O) groups is 1. The van der Waals surface area contributed by atoms with E-state index in [0.717, 1.165) is 0 Å². The normalized spacial score (nSPS) is 14.7.